The van der Waals surface area contributed by atoms with Crippen LogP contribution in [-0.2, 0) is 19.7 Å². The molecule has 0 aliphatic rings. The quantitative estimate of drug-likeness (QED) is 0.671. The third kappa shape index (κ3) is 5.54. The number of benzene rings is 2. The molecule has 28 heavy (non-hydrogen) atoms. The van der Waals surface area contributed by atoms with Crippen LogP contribution in [0.2, 0.25) is 0 Å². The van der Waals surface area contributed by atoms with E-state index in [0.29, 0.717) is 18.7 Å². The van der Waals surface area contributed by atoms with E-state index >= 15 is 0 Å². The van der Waals surface area contributed by atoms with Gasteiger partial charge in [0.1, 0.15) is 18.2 Å². The number of nitrogens with one attached hydrogen (secondary N) is 1. The maximum absolute atomic E-state index is 13.7. The molecule has 2 amide bonds. The van der Waals surface area contributed by atoms with Gasteiger partial charge in [-0.15, -0.1) is 0 Å². The fourth-order valence-electron chi connectivity index (χ4n) is 2.61. The molecule has 0 aliphatic carbocycles. The lowest BCUT2D eigenvalue weighted by Crippen LogP contribution is -2.36. The second-order valence-electron chi connectivity index (χ2n) is 6.36. The Morgan fingerprint density at radius 2 is 1.82 bits per heavy atom. The molecule has 5 nitrogen and oxygen atoms in total. The van der Waals surface area contributed by atoms with Crippen LogP contribution in [0.4, 0.5) is 9.18 Å². The summed E-state index contributed by atoms with van der Waals surface area (Å²) >= 11 is 0. The first-order valence-corrected chi connectivity index (χ1v) is 8.96. The number of carbonyl (C=O) groups is 1. The van der Waals surface area contributed by atoms with Crippen molar-refractivity contribution in [3.05, 3.63) is 95.6 Å². The monoisotopic (exact) mass is 379 g/mol. The average Bonchev–Trinajstić information content (AvgIpc) is 2.73. The average molecular weight is 379 g/mol. The number of amides is 2. The van der Waals surface area contributed by atoms with Crippen molar-refractivity contribution in [2.45, 2.75) is 19.7 Å². The molecule has 3 rings (SSSR count). The smallest absolute Gasteiger partial charge is 0.317 e. The van der Waals surface area contributed by atoms with Gasteiger partial charge in [-0.25, -0.2) is 9.18 Å². The van der Waals surface area contributed by atoms with Gasteiger partial charge in [0.15, 0.2) is 0 Å². The van der Waals surface area contributed by atoms with Crippen molar-refractivity contribution in [2.24, 2.45) is 0 Å². The number of rotatable bonds is 7. The number of aromatic nitrogens is 1. The van der Waals surface area contributed by atoms with Crippen molar-refractivity contribution >= 4 is 6.03 Å². The molecule has 3 aromatic rings. The van der Waals surface area contributed by atoms with E-state index in [9.17, 15) is 9.18 Å². The Bertz CT molecular complexity index is 901. The summed E-state index contributed by atoms with van der Waals surface area (Å²) in [4.78, 5) is 17.9. The zero-order valence-electron chi connectivity index (χ0n) is 15.6. The van der Waals surface area contributed by atoms with Gasteiger partial charge >= 0.3 is 6.03 Å². The Labute approximate surface area is 163 Å². The molecule has 0 atom stereocenters. The van der Waals surface area contributed by atoms with Crippen LogP contribution in [0.15, 0.2) is 72.9 Å². The largest absolute Gasteiger partial charge is 0.487 e. The molecule has 0 saturated heterocycles. The number of pyridine rings is 1. The fourth-order valence-corrected chi connectivity index (χ4v) is 2.61. The highest BCUT2D eigenvalue weighted by atomic mass is 19.1. The van der Waals surface area contributed by atoms with Gasteiger partial charge in [0.2, 0.25) is 0 Å². The van der Waals surface area contributed by atoms with Gasteiger partial charge in [-0.05, 0) is 35.9 Å². The Balaban J connectivity index is 1.46. The van der Waals surface area contributed by atoms with Gasteiger partial charge in [0.05, 0.1) is 5.69 Å². The van der Waals surface area contributed by atoms with Gasteiger partial charge in [0.25, 0.3) is 0 Å². The molecule has 1 aromatic heterocycles. The highest BCUT2D eigenvalue weighted by molar-refractivity contribution is 5.73. The number of halogens is 1. The van der Waals surface area contributed by atoms with E-state index in [1.807, 2.05) is 42.5 Å². The summed E-state index contributed by atoms with van der Waals surface area (Å²) in [6.45, 7) is 0.984. The normalized spacial score (nSPS) is 10.4. The number of nitrogens with zero attached hydrogens (tertiary/aromatic N) is 2. The van der Waals surface area contributed by atoms with Gasteiger partial charge in [-0.3, -0.25) is 4.98 Å². The summed E-state index contributed by atoms with van der Waals surface area (Å²) in [5, 5.41) is 2.83. The summed E-state index contributed by atoms with van der Waals surface area (Å²) in [6.07, 6.45) is 1.73. The molecule has 1 heterocycles. The second kappa shape index (κ2) is 9.50. The Morgan fingerprint density at radius 1 is 1.07 bits per heavy atom. The first-order chi connectivity index (χ1) is 13.6. The van der Waals surface area contributed by atoms with Crippen LogP contribution in [0, 0.1) is 5.82 Å². The van der Waals surface area contributed by atoms with Gasteiger partial charge in [0, 0.05) is 31.9 Å². The molecule has 1 N–H and O–H groups in total. The number of hydrogen-bond acceptors (Lipinski definition) is 3. The van der Waals surface area contributed by atoms with Crippen LogP contribution < -0.4 is 10.1 Å². The van der Waals surface area contributed by atoms with Gasteiger partial charge in [-0.2, -0.15) is 0 Å². The highest BCUT2D eigenvalue weighted by Gasteiger charge is 2.11. The summed E-state index contributed by atoms with van der Waals surface area (Å²) in [6, 6.07) is 19.4. The molecule has 6 heteroatoms. The third-order valence-electron chi connectivity index (χ3n) is 4.19. The summed E-state index contributed by atoms with van der Waals surface area (Å²) in [7, 11) is 1.64. The Morgan fingerprint density at radius 3 is 2.54 bits per heavy atom. The maximum atomic E-state index is 13.7. The van der Waals surface area contributed by atoms with E-state index < -0.39 is 0 Å². The van der Waals surface area contributed by atoms with Crippen LogP contribution >= 0.6 is 0 Å². The van der Waals surface area contributed by atoms with E-state index in [2.05, 4.69) is 10.3 Å². The van der Waals surface area contributed by atoms with Crippen LogP contribution in [0.25, 0.3) is 0 Å². The molecule has 0 radical (unpaired) electrons. The fraction of sp³-hybridized carbons (Fsp3) is 0.182. The first kappa shape index (κ1) is 19.4. The molecule has 0 bridgehead atoms. The number of hydrogen-bond donors (Lipinski definition) is 1. The first-order valence-electron chi connectivity index (χ1n) is 8.96. The van der Waals surface area contributed by atoms with Crippen molar-refractivity contribution in [2.75, 3.05) is 7.05 Å². The van der Waals surface area contributed by atoms with E-state index in [0.717, 1.165) is 17.0 Å². The van der Waals surface area contributed by atoms with Crippen LogP contribution in [0.3, 0.4) is 0 Å². The molecule has 2 aromatic carbocycles. The molecule has 0 saturated carbocycles. The molecule has 144 valence electrons. The lowest BCUT2D eigenvalue weighted by molar-refractivity contribution is 0.206. The predicted molar refractivity (Wildman–Crippen MR) is 105 cm³/mol. The van der Waals surface area contributed by atoms with Crippen LogP contribution in [0.1, 0.15) is 16.8 Å². The molecule has 0 fully saturated rings. The maximum Gasteiger partial charge on any atom is 0.317 e. The minimum absolute atomic E-state index is 0.207. The summed E-state index contributed by atoms with van der Waals surface area (Å²) in [5.74, 6) is 0.417. The standard InChI is InChI=1S/C22H22FN3O2/c1-26(15-18-6-2-3-8-21(18)23)22(27)25-14-17-9-11-20(12-10-17)28-16-19-7-4-5-13-24-19/h2-13H,14-16H2,1H3,(H,25,27). The lowest BCUT2D eigenvalue weighted by Gasteiger charge is -2.18. The molecular formula is C22H22FN3O2. The zero-order chi connectivity index (χ0) is 19.8. The SMILES string of the molecule is CN(Cc1ccccc1F)C(=O)NCc1ccc(OCc2ccccn2)cc1. The minimum Gasteiger partial charge on any atom is -0.487 e. The van der Waals surface area contributed by atoms with Gasteiger partial charge in [-0.1, -0.05) is 36.4 Å². The Hall–Kier alpha value is -3.41. The third-order valence-corrected chi connectivity index (χ3v) is 4.19. The molecule has 0 spiro atoms. The molecule has 0 unspecified atom stereocenters. The van der Waals surface area contributed by atoms with Crippen LogP contribution in [-0.4, -0.2) is 23.0 Å². The van der Waals surface area contributed by atoms with Crippen molar-refractivity contribution in [3.63, 3.8) is 0 Å². The van der Waals surface area contributed by atoms with Crippen molar-refractivity contribution in [3.8, 4) is 5.75 Å². The number of carbonyl (C=O) groups excluding carboxylic acids is 1. The van der Waals surface area contributed by atoms with E-state index in [-0.39, 0.29) is 18.4 Å². The van der Waals surface area contributed by atoms with Gasteiger partial charge < -0.3 is 15.0 Å². The minimum atomic E-state index is -0.316. The van der Waals surface area contributed by atoms with E-state index in [1.54, 1.807) is 31.4 Å². The Kier molecular flexibility index (Phi) is 6.57. The second-order valence-corrected chi connectivity index (χ2v) is 6.36. The highest BCUT2D eigenvalue weighted by Crippen LogP contribution is 2.14. The lowest BCUT2D eigenvalue weighted by atomic mass is 10.2. The van der Waals surface area contributed by atoms with Crippen molar-refractivity contribution in [1.29, 1.82) is 0 Å². The van der Waals surface area contributed by atoms with E-state index in [1.165, 1.54) is 11.0 Å². The topological polar surface area (TPSA) is 54.5 Å². The molecular weight excluding hydrogens is 357 g/mol. The van der Waals surface area contributed by atoms with E-state index in [4.69, 9.17) is 4.74 Å². The van der Waals surface area contributed by atoms with Crippen LogP contribution in [0.5, 0.6) is 5.75 Å². The molecule has 0 aliphatic heterocycles. The summed E-state index contributed by atoms with van der Waals surface area (Å²) < 4.78 is 19.4. The zero-order valence-corrected chi connectivity index (χ0v) is 15.6. The summed E-state index contributed by atoms with van der Waals surface area (Å²) in [5.41, 5.74) is 2.28. The van der Waals surface area contributed by atoms with Crippen molar-refractivity contribution < 1.29 is 13.9 Å². The predicted octanol–water partition coefficient (Wildman–Crippen LogP) is 4.14. The number of urea groups is 1. The number of ether oxygens (including phenoxy) is 1. The van der Waals surface area contributed by atoms with Crippen molar-refractivity contribution in [1.82, 2.24) is 15.2 Å².